The quantitative estimate of drug-likeness (QED) is 0.137. The second-order valence-electron chi connectivity index (χ2n) is 13.6. The van der Waals surface area contributed by atoms with Crippen LogP contribution in [0.2, 0.25) is 0 Å². The number of nitrogens with two attached hydrogens (primary N) is 2. The van der Waals surface area contributed by atoms with E-state index in [2.05, 4.69) is 151 Å². The molecule has 0 amide bonds. The van der Waals surface area contributed by atoms with Gasteiger partial charge in [0, 0.05) is 28.5 Å². The van der Waals surface area contributed by atoms with Gasteiger partial charge in [0.2, 0.25) is 0 Å². The first-order valence-corrected chi connectivity index (χ1v) is 18.2. The van der Waals surface area contributed by atoms with Crippen LogP contribution in [0.4, 0.5) is 17.1 Å². The second-order valence-corrected chi connectivity index (χ2v) is 13.6. The van der Waals surface area contributed by atoms with E-state index in [-0.39, 0.29) is 5.41 Å². The Hall–Kier alpha value is -5.64. The first kappa shape index (κ1) is 33.8. The number of nitrogens with zero attached hydrogens (tertiary/aromatic N) is 1. The molecule has 0 fully saturated rings. The summed E-state index contributed by atoms with van der Waals surface area (Å²) in [6.07, 6.45) is 11.0. The first-order valence-electron chi connectivity index (χ1n) is 18.2. The number of allylic oxidation sites excluding steroid dienone is 2. The predicted molar refractivity (Wildman–Crippen MR) is 217 cm³/mol. The van der Waals surface area contributed by atoms with Gasteiger partial charge in [0.15, 0.2) is 0 Å². The average molecular weight is 666 g/mol. The largest absolute Gasteiger partial charge is 0.399 e. The number of nitrogen functional groups attached to an aromatic ring is 1. The van der Waals surface area contributed by atoms with Crippen LogP contribution in [0, 0.1) is 0 Å². The predicted octanol–water partition coefficient (Wildman–Crippen LogP) is 11.8. The summed E-state index contributed by atoms with van der Waals surface area (Å²) < 4.78 is 0. The lowest BCUT2D eigenvalue weighted by molar-refractivity contribution is 0.345. The molecule has 0 saturated carbocycles. The normalized spacial score (nSPS) is 18.3. The molecule has 2 aliphatic carbocycles. The van der Waals surface area contributed by atoms with Crippen molar-refractivity contribution in [3.05, 3.63) is 199 Å². The number of hydrogen-bond acceptors (Lipinski definition) is 3. The molecule has 3 heteroatoms. The van der Waals surface area contributed by atoms with E-state index < -0.39 is 0 Å². The first-order chi connectivity index (χ1) is 25.1. The fraction of sp³-hybridized carbons (Fsp3) is 0.167. The van der Waals surface area contributed by atoms with Crippen LogP contribution in [0.3, 0.4) is 0 Å². The maximum Gasteiger partial charge on any atom is 0.0500 e. The van der Waals surface area contributed by atoms with Crippen molar-refractivity contribution in [2.45, 2.75) is 50.0 Å². The van der Waals surface area contributed by atoms with Gasteiger partial charge in [-0.2, -0.15) is 0 Å². The fourth-order valence-corrected chi connectivity index (χ4v) is 7.84. The number of anilines is 3. The maximum atomic E-state index is 5.36. The Morgan fingerprint density at radius 2 is 1.10 bits per heavy atom. The Labute approximate surface area is 303 Å². The molecule has 9 rings (SSSR count). The highest BCUT2D eigenvalue weighted by molar-refractivity contribution is 5.82. The van der Waals surface area contributed by atoms with Crippen molar-refractivity contribution >= 4 is 17.1 Å². The van der Waals surface area contributed by atoms with Gasteiger partial charge in [-0.25, -0.2) is 0 Å². The van der Waals surface area contributed by atoms with E-state index in [0.717, 1.165) is 24.9 Å². The van der Waals surface area contributed by atoms with Gasteiger partial charge in [-0.1, -0.05) is 165 Å². The molecule has 0 radical (unpaired) electrons. The van der Waals surface area contributed by atoms with E-state index in [1.165, 1.54) is 56.9 Å². The molecule has 0 spiro atoms. The van der Waals surface area contributed by atoms with Crippen LogP contribution in [0.5, 0.6) is 0 Å². The van der Waals surface area contributed by atoms with Gasteiger partial charge in [-0.15, -0.1) is 0 Å². The minimum absolute atomic E-state index is 0.00309. The number of rotatable bonds is 6. The summed E-state index contributed by atoms with van der Waals surface area (Å²) in [5.41, 5.74) is 23.3. The standard InChI is InChI=1S/C39H35N.C6H7N.C3H5N/c1-2-28-39-35(33-14-7-4-8-15-33)17-11-19-38(39)40(37-18-10-9-16-36(37)39)34-26-24-32(25-27-34)31-22-20-30(21-23-31)29-12-5-3-6-13-29;7-6-4-2-1-3-5-6;4-3-1-2-3/h3-10,12-16,18-27,35H,2,11,17,28H2,1H3;1-5H,7H2;1-3H,4H2/t35?,39-;;/m0../s1. The third-order valence-electron chi connectivity index (χ3n) is 10.2. The molecule has 1 aliphatic heterocycles. The van der Waals surface area contributed by atoms with Crippen molar-refractivity contribution in [1.82, 2.24) is 0 Å². The smallest absolute Gasteiger partial charge is 0.0500 e. The van der Waals surface area contributed by atoms with Crippen LogP contribution in [0.1, 0.15) is 49.7 Å². The lowest BCUT2D eigenvalue weighted by Crippen LogP contribution is -2.38. The average Bonchev–Trinajstić information content (AvgIpc) is 3.93. The zero-order valence-electron chi connectivity index (χ0n) is 29.4. The van der Waals surface area contributed by atoms with Crippen molar-refractivity contribution in [3.8, 4) is 22.3 Å². The summed E-state index contributed by atoms with van der Waals surface area (Å²) in [6, 6.07) is 58.9. The van der Waals surface area contributed by atoms with Gasteiger partial charge in [0.1, 0.15) is 0 Å². The molecule has 254 valence electrons. The summed E-state index contributed by atoms with van der Waals surface area (Å²) in [5.74, 6) is 0.474. The minimum Gasteiger partial charge on any atom is -0.399 e. The molecular weight excluding hydrogens is 619 g/mol. The molecule has 51 heavy (non-hydrogen) atoms. The van der Waals surface area contributed by atoms with E-state index in [9.17, 15) is 0 Å². The summed E-state index contributed by atoms with van der Waals surface area (Å²) in [7, 11) is 0. The molecule has 0 aromatic heterocycles. The highest BCUT2D eigenvalue weighted by atomic mass is 15.2. The summed E-state index contributed by atoms with van der Waals surface area (Å²) >= 11 is 0. The molecule has 4 N–H and O–H groups in total. The van der Waals surface area contributed by atoms with Crippen molar-refractivity contribution in [1.29, 1.82) is 0 Å². The van der Waals surface area contributed by atoms with E-state index in [4.69, 9.17) is 11.5 Å². The van der Waals surface area contributed by atoms with Gasteiger partial charge < -0.3 is 16.4 Å². The molecular formula is C48H47N3. The van der Waals surface area contributed by atoms with Crippen LogP contribution >= 0.6 is 0 Å². The topological polar surface area (TPSA) is 55.3 Å². The maximum absolute atomic E-state index is 5.36. The lowest BCUT2D eigenvalue weighted by atomic mass is 9.61. The molecule has 1 unspecified atom stereocenters. The Bertz CT molecular complexity index is 2060. The van der Waals surface area contributed by atoms with E-state index >= 15 is 0 Å². The van der Waals surface area contributed by atoms with Gasteiger partial charge >= 0.3 is 0 Å². The number of fused-ring (bicyclic) bond motifs is 3. The molecule has 3 nitrogen and oxygen atoms in total. The Kier molecular flexibility index (Phi) is 10.3. The van der Waals surface area contributed by atoms with Crippen LogP contribution in [0.15, 0.2) is 188 Å². The SMILES string of the molecule is CCC[C@]12C(=CCCC1c1ccccc1)N(c1ccc(-c3ccc(-c4ccccc4)cc3)cc1)c1ccccc12.NC1C=C1.Nc1ccccc1. The molecule has 6 aromatic carbocycles. The summed E-state index contributed by atoms with van der Waals surface area (Å²) in [5, 5.41) is 0. The van der Waals surface area contributed by atoms with Crippen molar-refractivity contribution in [2.24, 2.45) is 5.73 Å². The molecule has 2 atom stereocenters. The lowest BCUT2D eigenvalue weighted by Gasteiger charge is -2.43. The van der Waals surface area contributed by atoms with E-state index in [1.807, 2.05) is 42.5 Å². The third kappa shape index (κ3) is 7.31. The molecule has 3 aliphatic rings. The summed E-state index contributed by atoms with van der Waals surface area (Å²) in [6.45, 7) is 2.34. The highest BCUT2D eigenvalue weighted by Crippen LogP contribution is 2.62. The van der Waals surface area contributed by atoms with Crippen molar-refractivity contribution < 1.29 is 0 Å². The van der Waals surface area contributed by atoms with Crippen LogP contribution in [-0.4, -0.2) is 6.04 Å². The monoisotopic (exact) mass is 665 g/mol. The van der Waals surface area contributed by atoms with Crippen LogP contribution in [-0.2, 0) is 5.41 Å². The Balaban J connectivity index is 0.000000315. The van der Waals surface area contributed by atoms with Crippen LogP contribution < -0.4 is 16.4 Å². The molecule has 6 aromatic rings. The zero-order chi connectivity index (χ0) is 35.0. The van der Waals surface area contributed by atoms with E-state index in [0.29, 0.717) is 12.0 Å². The Morgan fingerprint density at radius 1 is 0.608 bits per heavy atom. The second kappa shape index (κ2) is 15.5. The third-order valence-corrected chi connectivity index (χ3v) is 10.2. The Morgan fingerprint density at radius 3 is 1.63 bits per heavy atom. The molecule has 0 bridgehead atoms. The number of benzene rings is 6. The van der Waals surface area contributed by atoms with E-state index in [1.54, 1.807) is 0 Å². The van der Waals surface area contributed by atoms with Gasteiger partial charge in [-0.3, -0.25) is 0 Å². The van der Waals surface area contributed by atoms with Gasteiger partial charge in [0.25, 0.3) is 0 Å². The van der Waals surface area contributed by atoms with Crippen molar-refractivity contribution in [2.75, 3.05) is 10.6 Å². The zero-order valence-corrected chi connectivity index (χ0v) is 29.4. The fourth-order valence-electron chi connectivity index (χ4n) is 7.84. The van der Waals surface area contributed by atoms with Gasteiger partial charge in [0.05, 0.1) is 5.69 Å². The molecule has 1 heterocycles. The minimum atomic E-state index is -0.00309. The highest BCUT2D eigenvalue weighted by Gasteiger charge is 2.53. The van der Waals surface area contributed by atoms with Crippen molar-refractivity contribution in [3.63, 3.8) is 0 Å². The number of hydrogen-bond donors (Lipinski definition) is 2. The van der Waals surface area contributed by atoms with Crippen LogP contribution in [0.25, 0.3) is 22.3 Å². The number of para-hydroxylation sites is 2. The molecule has 0 saturated heterocycles. The summed E-state index contributed by atoms with van der Waals surface area (Å²) in [4.78, 5) is 2.56. The van der Waals surface area contributed by atoms with Gasteiger partial charge in [-0.05, 0) is 88.9 Å².